The quantitative estimate of drug-likeness (QED) is 0.711. The number of fused-ring (bicyclic) bond motifs is 5. The van der Waals surface area contributed by atoms with Gasteiger partial charge in [0.2, 0.25) is 0 Å². The van der Waals surface area contributed by atoms with Crippen LogP contribution < -0.4 is 9.64 Å². The summed E-state index contributed by atoms with van der Waals surface area (Å²) in [4.78, 5) is 14.6. The molecule has 2 atom stereocenters. The Hall–Kier alpha value is -2.20. The molecule has 1 saturated heterocycles. The van der Waals surface area contributed by atoms with Gasteiger partial charge in [-0.15, -0.1) is 0 Å². The Labute approximate surface area is 145 Å². The number of piperidine rings is 1. The number of anilines is 1. The minimum Gasteiger partial charge on any atom is -0.469 e. The fraction of sp³-hybridized carbons (Fsp3) is 0.316. The van der Waals surface area contributed by atoms with Crippen molar-refractivity contribution in [2.24, 2.45) is 5.92 Å². The maximum absolute atomic E-state index is 12.4. The molecule has 2 unspecified atom stereocenters. The molecule has 0 aromatic heterocycles. The van der Waals surface area contributed by atoms with Crippen LogP contribution in [-0.4, -0.2) is 19.6 Å². The van der Waals surface area contributed by atoms with E-state index in [1.54, 1.807) is 0 Å². The van der Waals surface area contributed by atoms with Gasteiger partial charge in [0.1, 0.15) is 5.75 Å². The van der Waals surface area contributed by atoms with Gasteiger partial charge in [0.15, 0.2) is 5.75 Å². The van der Waals surface area contributed by atoms with Gasteiger partial charge in [0.25, 0.3) is 0 Å². The van der Waals surface area contributed by atoms with Gasteiger partial charge in [-0.05, 0) is 37.1 Å². The third-order valence-corrected chi connectivity index (χ3v) is 5.06. The molecule has 0 spiro atoms. The molecule has 2 aliphatic heterocycles. The van der Waals surface area contributed by atoms with Gasteiger partial charge in [-0.25, -0.2) is 0 Å². The molecule has 124 valence electrons. The number of rotatable bonds is 1. The van der Waals surface area contributed by atoms with Gasteiger partial charge in [0, 0.05) is 17.1 Å². The summed E-state index contributed by atoms with van der Waals surface area (Å²) in [6, 6.07) is 13.4. The zero-order chi connectivity index (χ0) is 16.7. The summed E-state index contributed by atoms with van der Waals surface area (Å²) in [5.41, 5.74) is 1.94. The number of benzene rings is 2. The number of carbonyl (C=O) groups is 1. The Morgan fingerprint density at radius 3 is 2.92 bits per heavy atom. The van der Waals surface area contributed by atoms with Crippen molar-refractivity contribution in [1.82, 2.24) is 0 Å². The van der Waals surface area contributed by atoms with Crippen LogP contribution in [0.15, 0.2) is 42.5 Å². The third-order valence-electron chi connectivity index (χ3n) is 4.82. The zero-order valence-corrected chi connectivity index (χ0v) is 14.1. The number of para-hydroxylation sites is 1. The van der Waals surface area contributed by atoms with Crippen LogP contribution in [-0.2, 0) is 9.53 Å². The van der Waals surface area contributed by atoms with E-state index in [1.807, 2.05) is 42.5 Å². The molecular formula is C19H18ClNO3. The van der Waals surface area contributed by atoms with Crippen molar-refractivity contribution in [1.29, 1.82) is 0 Å². The Kier molecular flexibility index (Phi) is 3.85. The molecule has 1 fully saturated rings. The SMILES string of the molecule is COC(=O)C1CCCN2c3cc(Cl)ccc3Oc3ccccc3C12. The fourth-order valence-electron chi connectivity index (χ4n) is 3.79. The molecule has 2 aliphatic rings. The fourth-order valence-corrected chi connectivity index (χ4v) is 3.95. The number of hydrogen-bond donors (Lipinski definition) is 0. The van der Waals surface area contributed by atoms with Crippen LogP contribution in [0.1, 0.15) is 24.4 Å². The first-order valence-corrected chi connectivity index (χ1v) is 8.47. The molecule has 5 heteroatoms. The Bertz CT molecular complexity index is 792. The summed E-state index contributed by atoms with van der Waals surface area (Å²) < 4.78 is 11.2. The number of carbonyl (C=O) groups excluding carboxylic acids is 1. The zero-order valence-electron chi connectivity index (χ0n) is 13.4. The number of halogens is 1. The van der Waals surface area contributed by atoms with E-state index < -0.39 is 0 Å². The van der Waals surface area contributed by atoms with Crippen molar-refractivity contribution < 1.29 is 14.3 Å². The summed E-state index contributed by atoms with van der Waals surface area (Å²) in [5.74, 6) is 1.15. The number of ether oxygens (including phenoxy) is 2. The van der Waals surface area contributed by atoms with Crippen molar-refractivity contribution in [3.05, 3.63) is 53.1 Å². The van der Waals surface area contributed by atoms with Gasteiger partial charge in [0.05, 0.1) is 24.8 Å². The monoisotopic (exact) mass is 343 g/mol. The molecule has 2 heterocycles. The molecule has 24 heavy (non-hydrogen) atoms. The maximum atomic E-state index is 12.4. The van der Waals surface area contributed by atoms with E-state index in [9.17, 15) is 4.79 Å². The highest BCUT2D eigenvalue weighted by Crippen LogP contribution is 2.50. The lowest BCUT2D eigenvalue weighted by Crippen LogP contribution is -2.42. The molecule has 0 N–H and O–H groups in total. The van der Waals surface area contributed by atoms with Gasteiger partial charge < -0.3 is 14.4 Å². The van der Waals surface area contributed by atoms with E-state index in [0.717, 1.165) is 42.1 Å². The van der Waals surface area contributed by atoms with E-state index in [1.165, 1.54) is 7.11 Å². The number of hydrogen-bond acceptors (Lipinski definition) is 4. The summed E-state index contributed by atoms with van der Waals surface area (Å²) >= 11 is 6.22. The summed E-state index contributed by atoms with van der Waals surface area (Å²) in [6.07, 6.45) is 1.72. The van der Waals surface area contributed by atoms with E-state index in [0.29, 0.717) is 5.02 Å². The average Bonchev–Trinajstić information content (AvgIpc) is 2.75. The van der Waals surface area contributed by atoms with Crippen molar-refractivity contribution >= 4 is 23.3 Å². The summed E-state index contributed by atoms with van der Waals surface area (Å²) in [5, 5.41) is 0.655. The minimum absolute atomic E-state index is 0.109. The van der Waals surface area contributed by atoms with Crippen LogP contribution in [0.4, 0.5) is 5.69 Å². The van der Waals surface area contributed by atoms with E-state index in [2.05, 4.69) is 4.90 Å². The number of methoxy groups -OCH3 is 1. The lowest BCUT2D eigenvalue weighted by atomic mass is 9.84. The van der Waals surface area contributed by atoms with Crippen molar-refractivity contribution in [3.63, 3.8) is 0 Å². The topological polar surface area (TPSA) is 38.8 Å². The standard InChI is InChI=1S/C19H18ClNO3/c1-23-19(22)14-6-4-10-21-15-11-12(20)8-9-17(15)24-16-7-3-2-5-13(16)18(14)21/h2-3,5,7-9,11,14,18H,4,6,10H2,1H3. The molecular weight excluding hydrogens is 326 g/mol. The predicted octanol–water partition coefficient (Wildman–Crippen LogP) is 4.58. The first kappa shape index (κ1) is 15.3. The third kappa shape index (κ3) is 2.42. The van der Waals surface area contributed by atoms with Crippen LogP contribution in [0, 0.1) is 5.92 Å². The van der Waals surface area contributed by atoms with Crippen LogP contribution in [0.5, 0.6) is 11.5 Å². The van der Waals surface area contributed by atoms with Gasteiger partial charge in [-0.1, -0.05) is 29.8 Å². The van der Waals surface area contributed by atoms with Gasteiger partial charge >= 0.3 is 5.97 Å². The van der Waals surface area contributed by atoms with Gasteiger partial charge in [-0.2, -0.15) is 0 Å². The highest BCUT2D eigenvalue weighted by atomic mass is 35.5. The second-order valence-corrected chi connectivity index (χ2v) is 6.60. The van der Waals surface area contributed by atoms with Crippen molar-refractivity contribution in [2.45, 2.75) is 18.9 Å². The lowest BCUT2D eigenvalue weighted by Gasteiger charge is -2.40. The van der Waals surface area contributed by atoms with Crippen LogP contribution in [0.25, 0.3) is 0 Å². The summed E-state index contributed by atoms with van der Waals surface area (Å²) in [6.45, 7) is 0.850. The molecule has 2 aromatic rings. The number of nitrogens with zero attached hydrogens (tertiary/aromatic N) is 1. The molecule has 0 aliphatic carbocycles. The smallest absolute Gasteiger partial charge is 0.311 e. The van der Waals surface area contributed by atoms with Gasteiger partial charge in [-0.3, -0.25) is 4.79 Å². The normalized spacial score (nSPS) is 21.7. The molecule has 2 aromatic carbocycles. The van der Waals surface area contributed by atoms with Crippen LogP contribution >= 0.6 is 11.6 Å². The van der Waals surface area contributed by atoms with Crippen LogP contribution in [0.3, 0.4) is 0 Å². The van der Waals surface area contributed by atoms with Crippen LogP contribution in [0.2, 0.25) is 5.02 Å². The van der Waals surface area contributed by atoms with E-state index in [-0.39, 0.29) is 17.9 Å². The first-order chi connectivity index (χ1) is 11.7. The van der Waals surface area contributed by atoms with Crippen molar-refractivity contribution in [3.8, 4) is 11.5 Å². The average molecular weight is 344 g/mol. The van der Waals surface area contributed by atoms with Crippen molar-refractivity contribution in [2.75, 3.05) is 18.6 Å². The highest BCUT2D eigenvalue weighted by molar-refractivity contribution is 6.31. The molecule has 4 rings (SSSR count). The predicted molar refractivity (Wildman–Crippen MR) is 92.8 cm³/mol. The maximum Gasteiger partial charge on any atom is 0.311 e. The molecule has 0 bridgehead atoms. The Morgan fingerprint density at radius 1 is 1.25 bits per heavy atom. The molecule has 0 amide bonds. The lowest BCUT2D eigenvalue weighted by molar-refractivity contribution is -0.147. The first-order valence-electron chi connectivity index (χ1n) is 8.10. The Morgan fingerprint density at radius 2 is 2.08 bits per heavy atom. The van der Waals surface area contributed by atoms with E-state index >= 15 is 0 Å². The molecule has 0 saturated carbocycles. The second kappa shape index (κ2) is 6.02. The largest absolute Gasteiger partial charge is 0.469 e. The molecule has 0 radical (unpaired) electrons. The minimum atomic E-state index is -0.224. The Balaban J connectivity index is 1.92. The number of esters is 1. The summed E-state index contributed by atoms with van der Waals surface area (Å²) in [7, 11) is 1.45. The van der Waals surface area contributed by atoms with E-state index in [4.69, 9.17) is 21.1 Å². The second-order valence-electron chi connectivity index (χ2n) is 6.16. The highest BCUT2D eigenvalue weighted by Gasteiger charge is 2.41. The molecule has 4 nitrogen and oxygen atoms in total.